The minimum absolute atomic E-state index is 0.0341. The predicted molar refractivity (Wildman–Crippen MR) is 87.0 cm³/mol. The van der Waals surface area contributed by atoms with Crippen LogP contribution in [0.25, 0.3) is 0 Å². The maximum atomic E-state index is 12.2. The first-order chi connectivity index (χ1) is 11.0. The summed E-state index contributed by atoms with van der Waals surface area (Å²) in [5, 5.41) is 9.86. The van der Waals surface area contributed by atoms with Crippen LogP contribution < -0.4 is 5.32 Å². The predicted octanol–water partition coefficient (Wildman–Crippen LogP) is 0.765. The highest BCUT2D eigenvalue weighted by Gasteiger charge is 2.41. The molecule has 2 N–H and O–H groups in total. The Morgan fingerprint density at radius 3 is 2.43 bits per heavy atom. The number of aromatic amines is 1. The molecule has 2 aliphatic rings. The van der Waals surface area contributed by atoms with Gasteiger partial charge < -0.3 is 10.2 Å². The Bertz CT molecular complexity index is 584. The maximum Gasteiger partial charge on any atom is 0.238 e. The molecule has 2 amide bonds. The maximum absolute atomic E-state index is 12.2. The van der Waals surface area contributed by atoms with Crippen molar-refractivity contribution in [1.82, 2.24) is 20.0 Å². The highest BCUT2D eigenvalue weighted by atomic mass is 16.2. The molecular weight excluding hydrogens is 294 g/mol. The number of nitrogens with zero attached hydrogens (tertiary/aromatic N) is 3. The van der Waals surface area contributed by atoms with Gasteiger partial charge in [0.2, 0.25) is 11.8 Å². The Labute approximate surface area is 136 Å². The van der Waals surface area contributed by atoms with Crippen LogP contribution in [0.1, 0.15) is 24.7 Å². The Morgan fingerprint density at radius 2 is 1.91 bits per heavy atom. The summed E-state index contributed by atoms with van der Waals surface area (Å²) < 4.78 is 0. The lowest BCUT2D eigenvalue weighted by molar-refractivity contribution is -0.134. The van der Waals surface area contributed by atoms with Crippen molar-refractivity contribution in [2.75, 3.05) is 38.0 Å². The minimum Gasteiger partial charge on any atom is -0.340 e. The number of anilines is 1. The molecule has 23 heavy (non-hydrogen) atoms. The molecule has 1 aromatic heterocycles. The van der Waals surface area contributed by atoms with Gasteiger partial charge in [-0.3, -0.25) is 19.6 Å². The Morgan fingerprint density at radius 1 is 1.26 bits per heavy atom. The Balaban J connectivity index is 1.45. The lowest BCUT2D eigenvalue weighted by atomic mass is 10.2. The van der Waals surface area contributed by atoms with Crippen LogP contribution in [0, 0.1) is 25.7 Å². The Hall–Kier alpha value is -1.89. The van der Waals surface area contributed by atoms with E-state index in [9.17, 15) is 9.59 Å². The van der Waals surface area contributed by atoms with Crippen molar-refractivity contribution in [3.63, 3.8) is 0 Å². The van der Waals surface area contributed by atoms with Gasteiger partial charge in [0, 0.05) is 32.1 Å². The van der Waals surface area contributed by atoms with Crippen LogP contribution in [-0.2, 0) is 9.59 Å². The molecule has 1 saturated carbocycles. The van der Waals surface area contributed by atoms with E-state index in [2.05, 4.69) is 27.3 Å². The zero-order valence-electron chi connectivity index (χ0n) is 14.1. The van der Waals surface area contributed by atoms with E-state index in [4.69, 9.17) is 0 Å². The van der Waals surface area contributed by atoms with Gasteiger partial charge in [-0.25, -0.2) is 0 Å². The summed E-state index contributed by atoms with van der Waals surface area (Å²) in [5.74, 6) is 1.06. The number of carbonyl (C=O) groups excluding carboxylic acids is 2. The van der Waals surface area contributed by atoms with E-state index in [1.165, 1.54) is 0 Å². The average molecular weight is 319 g/mol. The van der Waals surface area contributed by atoms with Gasteiger partial charge in [-0.05, 0) is 26.2 Å². The van der Waals surface area contributed by atoms with Gasteiger partial charge in [-0.1, -0.05) is 6.92 Å². The number of H-pyrrole nitrogens is 1. The van der Waals surface area contributed by atoms with E-state index in [1.807, 2.05) is 18.7 Å². The minimum atomic E-state index is -0.0341. The van der Waals surface area contributed by atoms with Crippen LogP contribution in [0.3, 0.4) is 0 Å². The second-order valence-corrected chi connectivity index (χ2v) is 6.78. The summed E-state index contributed by atoms with van der Waals surface area (Å²) in [6, 6.07) is 0. The molecular formula is C16H25N5O2. The normalized spacial score (nSPS) is 24.6. The zero-order chi connectivity index (χ0) is 16.6. The van der Waals surface area contributed by atoms with Crippen LogP contribution in [-0.4, -0.2) is 64.5 Å². The second kappa shape index (κ2) is 6.31. The number of aryl methyl sites for hydroxylation is 2. The third kappa shape index (κ3) is 3.55. The number of nitrogens with one attached hydrogen (secondary N) is 2. The summed E-state index contributed by atoms with van der Waals surface area (Å²) in [4.78, 5) is 28.4. The number of piperazine rings is 1. The molecule has 0 radical (unpaired) electrons. The van der Waals surface area contributed by atoms with E-state index in [0.29, 0.717) is 18.4 Å². The first-order valence-corrected chi connectivity index (χ1v) is 8.28. The third-order valence-electron chi connectivity index (χ3n) is 4.87. The molecule has 0 bridgehead atoms. The lowest BCUT2D eigenvalue weighted by Crippen LogP contribution is -2.51. The summed E-state index contributed by atoms with van der Waals surface area (Å²) in [6.45, 7) is 9.18. The topological polar surface area (TPSA) is 81.3 Å². The summed E-state index contributed by atoms with van der Waals surface area (Å²) in [6.07, 6.45) is 1.03. The van der Waals surface area contributed by atoms with E-state index in [-0.39, 0.29) is 11.8 Å². The van der Waals surface area contributed by atoms with Gasteiger partial charge in [0.25, 0.3) is 0 Å². The molecule has 7 nitrogen and oxygen atoms in total. The Kier molecular flexibility index (Phi) is 4.39. The fourth-order valence-electron chi connectivity index (χ4n) is 3.14. The molecule has 3 rings (SSSR count). The van der Waals surface area contributed by atoms with Gasteiger partial charge in [0.15, 0.2) is 0 Å². The first-order valence-electron chi connectivity index (χ1n) is 8.28. The number of amides is 2. The quantitative estimate of drug-likeness (QED) is 0.859. The third-order valence-corrected chi connectivity index (χ3v) is 4.87. The molecule has 0 spiro atoms. The molecule has 1 aliphatic carbocycles. The number of hydrogen-bond donors (Lipinski definition) is 2. The molecule has 1 saturated heterocycles. The SMILES string of the molecule is Cc1n[nH]c(C)c1NC(=O)CN1CCN(C(=O)C2CC2C)CC1. The molecule has 7 heteroatoms. The number of carbonyl (C=O) groups is 2. The van der Waals surface area contributed by atoms with E-state index in [1.54, 1.807) is 0 Å². The lowest BCUT2D eigenvalue weighted by Gasteiger charge is -2.34. The molecule has 126 valence electrons. The van der Waals surface area contributed by atoms with Crippen molar-refractivity contribution in [1.29, 1.82) is 0 Å². The smallest absolute Gasteiger partial charge is 0.238 e. The van der Waals surface area contributed by atoms with E-state index in [0.717, 1.165) is 49.7 Å². The van der Waals surface area contributed by atoms with Crippen molar-refractivity contribution in [2.45, 2.75) is 27.2 Å². The number of hydrogen-bond acceptors (Lipinski definition) is 4. The first kappa shape index (κ1) is 16.0. The van der Waals surface area contributed by atoms with Crippen LogP contribution in [0.2, 0.25) is 0 Å². The van der Waals surface area contributed by atoms with Crippen molar-refractivity contribution in [3.05, 3.63) is 11.4 Å². The monoisotopic (exact) mass is 319 g/mol. The summed E-state index contributed by atoms with van der Waals surface area (Å²) >= 11 is 0. The zero-order valence-corrected chi connectivity index (χ0v) is 14.1. The highest BCUT2D eigenvalue weighted by Crippen LogP contribution is 2.39. The van der Waals surface area contributed by atoms with Gasteiger partial charge in [-0.2, -0.15) is 5.10 Å². The number of rotatable bonds is 4. The van der Waals surface area contributed by atoms with Gasteiger partial charge >= 0.3 is 0 Å². The molecule has 2 fully saturated rings. The standard InChI is InChI=1S/C16H25N5O2/c1-10-8-13(10)16(23)21-6-4-20(5-7-21)9-14(22)17-15-11(2)18-19-12(15)3/h10,13H,4-9H2,1-3H3,(H,17,22)(H,18,19). The van der Waals surface area contributed by atoms with Crippen LogP contribution in [0.4, 0.5) is 5.69 Å². The van der Waals surface area contributed by atoms with Gasteiger partial charge in [0.1, 0.15) is 0 Å². The fourth-order valence-corrected chi connectivity index (χ4v) is 3.14. The molecule has 2 heterocycles. The fraction of sp³-hybridized carbons (Fsp3) is 0.688. The molecule has 2 atom stereocenters. The van der Waals surface area contributed by atoms with Crippen LogP contribution >= 0.6 is 0 Å². The van der Waals surface area contributed by atoms with E-state index >= 15 is 0 Å². The van der Waals surface area contributed by atoms with Crippen molar-refractivity contribution < 1.29 is 9.59 Å². The van der Waals surface area contributed by atoms with Gasteiger partial charge in [0.05, 0.1) is 23.6 Å². The van der Waals surface area contributed by atoms with Crippen LogP contribution in [0.15, 0.2) is 0 Å². The van der Waals surface area contributed by atoms with E-state index < -0.39 is 0 Å². The number of aromatic nitrogens is 2. The molecule has 2 unspecified atom stereocenters. The van der Waals surface area contributed by atoms with Crippen molar-refractivity contribution in [3.8, 4) is 0 Å². The van der Waals surface area contributed by atoms with Crippen LogP contribution in [0.5, 0.6) is 0 Å². The van der Waals surface area contributed by atoms with Gasteiger partial charge in [-0.15, -0.1) is 0 Å². The molecule has 1 aliphatic heterocycles. The van der Waals surface area contributed by atoms with Crippen molar-refractivity contribution in [2.24, 2.45) is 11.8 Å². The summed E-state index contributed by atoms with van der Waals surface area (Å²) in [5.41, 5.74) is 2.43. The summed E-state index contributed by atoms with van der Waals surface area (Å²) in [7, 11) is 0. The molecule has 1 aromatic rings. The molecule has 0 aromatic carbocycles. The average Bonchev–Trinajstić information content (AvgIpc) is 3.18. The second-order valence-electron chi connectivity index (χ2n) is 6.78. The van der Waals surface area contributed by atoms with Crippen molar-refractivity contribution >= 4 is 17.5 Å². The highest BCUT2D eigenvalue weighted by molar-refractivity contribution is 5.93. The largest absolute Gasteiger partial charge is 0.340 e.